The second-order valence-corrected chi connectivity index (χ2v) is 8.61. The topological polar surface area (TPSA) is 37.7 Å². The number of ether oxygens (including phenoxy) is 1. The van der Waals surface area contributed by atoms with Crippen LogP contribution in [-0.4, -0.2) is 58.7 Å². The van der Waals surface area contributed by atoms with Crippen molar-refractivity contribution in [2.75, 3.05) is 32.8 Å². The summed E-state index contributed by atoms with van der Waals surface area (Å²) in [6.07, 6.45) is 4.81. The molecule has 2 saturated heterocycles. The van der Waals surface area contributed by atoms with Crippen molar-refractivity contribution in [1.82, 2.24) is 14.4 Å². The number of nitrogens with zero attached hydrogens (tertiary/aromatic N) is 3. The van der Waals surface area contributed by atoms with Gasteiger partial charge in [0.2, 0.25) is 5.91 Å². The second-order valence-electron chi connectivity index (χ2n) is 8.61. The smallest absolute Gasteiger partial charge is 0.224 e. The molecule has 5 nitrogen and oxygen atoms in total. The van der Waals surface area contributed by atoms with E-state index in [1.807, 2.05) is 0 Å². The second kappa shape index (κ2) is 7.88. The van der Waals surface area contributed by atoms with Crippen molar-refractivity contribution >= 4 is 16.8 Å². The molecule has 1 spiro atoms. The molecule has 2 aromatic rings. The van der Waals surface area contributed by atoms with Gasteiger partial charge in [-0.15, -0.1) is 0 Å². The summed E-state index contributed by atoms with van der Waals surface area (Å²) < 4.78 is 8.02. The van der Waals surface area contributed by atoms with Gasteiger partial charge in [0.1, 0.15) is 0 Å². The molecule has 0 saturated carbocycles. The molecule has 0 unspecified atom stereocenters. The van der Waals surface area contributed by atoms with Crippen LogP contribution in [0.5, 0.6) is 0 Å². The molecule has 0 atom stereocenters. The summed E-state index contributed by atoms with van der Waals surface area (Å²) in [6.45, 7) is 11.5. The van der Waals surface area contributed by atoms with Crippen LogP contribution in [0, 0.1) is 0 Å². The van der Waals surface area contributed by atoms with Crippen LogP contribution in [0.25, 0.3) is 10.9 Å². The van der Waals surface area contributed by atoms with E-state index in [2.05, 4.69) is 65.6 Å². The van der Waals surface area contributed by atoms with Crippen LogP contribution in [0.15, 0.2) is 30.5 Å². The summed E-state index contributed by atoms with van der Waals surface area (Å²) in [5.74, 6) is 0.302. The Kier molecular flexibility index (Phi) is 5.48. The molecular formula is C23H33N3O2. The van der Waals surface area contributed by atoms with E-state index in [4.69, 9.17) is 4.74 Å². The number of hydrogen-bond acceptors (Lipinski definition) is 3. The average molecular weight is 384 g/mol. The Morgan fingerprint density at radius 1 is 1.18 bits per heavy atom. The van der Waals surface area contributed by atoms with Gasteiger partial charge >= 0.3 is 0 Å². The number of amides is 1. The van der Waals surface area contributed by atoms with Crippen molar-refractivity contribution in [3.63, 3.8) is 0 Å². The molecule has 1 amide bonds. The van der Waals surface area contributed by atoms with Gasteiger partial charge in [0, 0.05) is 69.0 Å². The van der Waals surface area contributed by atoms with Crippen LogP contribution < -0.4 is 0 Å². The van der Waals surface area contributed by atoms with Crippen molar-refractivity contribution in [1.29, 1.82) is 0 Å². The molecule has 0 radical (unpaired) electrons. The molecule has 28 heavy (non-hydrogen) atoms. The fourth-order valence-electron chi connectivity index (χ4n) is 5.13. The Morgan fingerprint density at radius 3 is 2.64 bits per heavy atom. The SMILES string of the molecule is CCN1C(=O)CCN(Cc2cn(C(C)C)c3ccccc23)CC12CCOCC2. The lowest BCUT2D eigenvalue weighted by Gasteiger charge is -2.46. The number of aromatic nitrogens is 1. The number of hydrogen-bond donors (Lipinski definition) is 0. The van der Waals surface area contributed by atoms with Crippen molar-refractivity contribution in [3.8, 4) is 0 Å². The maximum atomic E-state index is 12.9. The van der Waals surface area contributed by atoms with Crippen LogP contribution in [-0.2, 0) is 16.1 Å². The van der Waals surface area contributed by atoms with Gasteiger partial charge in [0.05, 0.1) is 5.54 Å². The Hall–Kier alpha value is -1.85. The van der Waals surface area contributed by atoms with Gasteiger partial charge in [-0.2, -0.15) is 0 Å². The van der Waals surface area contributed by atoms with Gasteiger partial charge < -0.3 is 14.2 Å². The summed E-state index contributed by atoms with van der Waals surface area (Å²) in [7, 11) is 0. The van der Waals surface area contributed by atoms with Crippen molar-refractivity contribution in [2.24, 2.45) is 0 Å². The van der Waals surface area contributed by atoms with Gasteiger partial charge in [-0.3, -0.25) is 9.69 Å². The fraction of sp³-hybridized carbons (Fsp3) is 0.609. The summed E-state index contributed by atoms with van der Waals surface area (Å²) in [4.78, 5) is 17.5. The van der Waals surface area contributed by atoms with E-state index in [0.29, 0.717) is 18.4 Å². The lowest BCUT2D eigenvalue weighted by atomic mass is 9.87. The predicted octanol–water partition coefficient (Wildman–Crippen LogP) is 3.83. The number of carbonyl (C=O) groups excluding carboxylic acids is 1. The van der Waals surface area contributed by atoms with Crippen molar-refractivity contribution in [2.45, 2.75) is 58.2 Å². The van der Waals surface area contributed by atoms with Gasteiger partial charge in [-0.1, -0.05) is 18.2 Å². The van der Waals surface area contributed by atoms with Crippen LogP contribution in [0.1, 0.15) is 51.6 Å². The molecule has 3 heterocycles. The van der Waals surface area contributed by atoms with E-state index in [-0.39, 0.29) is 5.54 Å². The normalized spacial score (nSPS) is 21.0. The maximum absolute atomic E-state index is 12.9. The zero-order valence-corrected chi connectivity index (χ0v) is 17.5. The van der Waals surface area contributed by atoms with E-state index in [1.165, 1.54) is 16.5 Å². The molecule has 0 N–H and O–H groups in total. The molecule has 0 bridgehead atoms. The first kappa shape index (κ1) is 19.5. The number of carbonyl (C=O) groups is 1. The minimum atomic E-state index is -0.0724. The highest BCUT2D eigenvalue weighted by atomic mass is 16.5. The first-order chi connectivity index (χ1) is 13.5. The molecule has 2 aliphatic rings. The fourth-order valence-corrected chi connectivity index (χ4v) is 5.13. The summed E-state index contributed by atoms with van der Waals surface area (Å²) in [5, 5.41) is 1.33. The minimum Gasteiger partial charge on any atom is -0.381 e. The Balaban J connectivity index is 1.65. The highest BCUT2D eigenvalue weighted by Gasteiger charge is 2.43. The molecule has 2 aliphatic heterocycles. The summed E-state index contributed by atoms with van der Waals surface area (Å²) in [6, 6.07) is 9.12. The Labute approximate surface area is 168 Å². The number of fused-ring (bicyclic) bond motifs is 1. The quantitative estimate of drug-likeness (QED) is 0.805. The molecular weight excluding hydrogens is 350 g/mol. The van der Waals surface area contributed by atoms with Crippen LogP contribution in [0.2, 0.25) is 0 Å². The molecule has 152 valence electrons. The lowest BCUT2D eigenvalue weighted by Crippen LogP contribution is -2.58. The van der Waals surface area contributed by atoms with E-state index in [0.717, 1.165) is 52.2 Å². The van der Waals surface area contributed by atoms with Crippen molar-refractivity contribution in [3.05, 3.63) is 36.0 Å². The molecule has 1 aromatic heterocycles. The summed E-state index contributed by atoms with van der Waals surface area (Å²) in [5.41, 5.74) is 2.59. The van der Waals surface area contributed by atoms with E-state index < -0.39 is 0 Å². The summed E-state index contributed by atoms with van der Waals surface area (Å²) >= 11 is 0. The van der Waals surface area contributed by atoms with Gasteiger partial charge in [0.25, 0.3) is 0 Å². The van der Waals surface area contributed by atoms with Crippen LogP contribution in [0.4, 0.5) is 0 Å². The molecule has 2 fully saturated rings. The largest absolute Gasteiger partial charge is 0.381 e. The molecule has 0 aliphatic carbocycles. The minimum absolute atomic E-state index is 0.0724. The zero-order chi connectivity index (χ0) is 19.7. The monoisotopic (exact) mass is 383 g/mol. The average Bonchev–Trinajstić information content (AvgIpc) is 3.00. The van der Waals surface area contributed by atoms with E-state index in [1.54, 1.807) is 0 Å². The van der Waals surface area contributed by atoms with Gasteiger partial charge in [0.15, 0.2) is 0 Å². The van der Waals surface area contributed by atoms with Crippen molar-refractivity contribution < 1.29 is 9.53 Å². The highest BCUT2D eigenvalue weighted by Crippen LogP contribution is 2.33. The molecule has 4 rings (SSSR count). The van der Waals surface area contributed by atoms with Crippen LogP contribution in [0.3, 0.4) is 0 Å². The predicted molar refractivity (Wildman–Crippen MR) is 112 cm³/mol. The van der Waals surface area contributed by atoms with Crippen LogP contribution >= 0.6 is 0 Å². The number of likely N-dealkylation sites (N-methyl/N-ethyl adjacent to an activating group) is 1. The highest BCUT2D eigenvalue weighted by molar-refractivity contribution is 5.84. The van der Waals surface area contributed by atoms with E-state index in [9.17, 15) is 4.79 Å². The zero-order valence-electron chi connectivity index (χ0n) is 17.5. The standard InChI is InChI=1S/C23H33N3O2/c1-4-26-22(27)9-12-24(17-23(26)10-13-28-14-11-23)15-19-16-25(18(2)3)21-8-6-5-7-20(19)21/h5-8,16,18H,4,9-15,17H2,1-3H3. The lowest BCUT2D eigenvalue weighted by molar-refractivity contribution is -0.140. The first-order valence-electron chi connectivity index (χ1n) is 10.7. The van der Waals surface area contributed by atoms with Gasteiger partial charge in [-0.05, 0) is 45.2 Å². The van der Waals surface area contributed by atoms with E-state index >= 15 is 0 Å². The number of benzene rings is 1. The van der Waals surface area contributed by atoms with Gasteiger partial charge in [-0.25, -0.2) is 0 Å². The third-order valence-electron chi connectivity index (χ3n) is 6.55. The Bertz CT molecular complexity index is 835. The first-order valence-corrected chi connectivity index (χ1v) is 10.7. The molecule has 1 aromatic carbocycles. The Morgan fingerprint density at radius 2 is 1.93 bits per heavy atom. The molecule has 5 heteroatoms. The third kappa shape index (κ3) is 3.46. The third-order valence-corrected chi connectivity index (χ3v) is 6.55. The maximum Gasteiger partial charge on any atom is 0.224 e. The number of rotatable bonds is 4. The number of para-hydroxylation sites is 1.